The van der Waals surface area contributed by atoms with Gasteiger partial charge in [-0.3, -0.25) is 10.1 Å². The van der Waals surface area contributed by atoms with Crippen molar-refractivity contribution in [2.45, 2.75) is 6.54 Å². The quantitative estimate of drug-likeness (QED) is 0.684. The van der Waals surface area contributed by atoms with Crippen LogP contribution >= 0.6 is 0 Å². The van der Waals surface area contributed by atoms with E-state index in [2.05, 4.69) is 5.32 Å². The van der Waals surface area contributed by atoms with Crippen LogP contribution in [0, 0.1) is 27.3 Å². The van der Waals surface area contributed by atoms with E-state index in [9.17, 15) is 14.5 Å². The average molecular weight is 271 g/mol. The number of anilines is 1. The molecule has 20 heavy (non-hydrogen) atoms. The van der Waals surface area contributed by atoms with E-state index in [0.717, 1.165) is 5.56 Å². The van der Waals surface area contributed by atoms with Crippen LogP contribution in [0.5, 0.6) is 0 Å². The van der Waals surface area contributed by atoms with Gasteiger partial charge < -0.3 is 5.32 Å². The maximum absolute atomic E-state index is 12.8. The van der Waals surface area contributed by atoms with Crippen molar-refractivity contribution in [1.82, 2.24) is 0 Å². The molecule has 0 unspecified atom stereocenters. The Balaban J connectivity index is 2.15. The topological polar surface area (TPSA) is 79.0 Å². The van der Waals surface area contributed by atoms with Crippen LogP contribution in [0.3, 0.4) is 0 Å². The van der Waals surface area contributed by atoms with Gasteiger partial charge in [-0.25, -0.2) is 4.39 Å². The first-order valence-electron chi connectivity index (χ1n) is 5.77. The van der Waals surface area contributed by atoms with Crippen molar-refractivity contribution in [2.24, 2.45) is 0 Å². The normalized spacial score (nSPS) is 9.80. The van der Waals surface area contributed by atoms with E-state index in [1.807, 2.05) is 6.07 Å². The second-order valence-electron chi connectivity index (χ2n) is 4.08. The first-order chi connectivity index (χ1) is 9.60. The van der Waals surface area contributed by atoms with E-state index in [4.69, 9.17) is 5.26 Å². The van der Waals surface area contributed by atoms with Crippen LogP contribution in [0.25, 0.3) is 0 Å². The van der Waals surface area contributed by atoms with Crippen LogP contribution in [0.2, 0.25) is 0 Å². The molecule has 1 N–H and O–H groups in total. The zero-order valence-electron chi connectivity index (χ0n) is 10.3. The lowest BCUT2D eigenvalue weighted by Crippen LogP contribution is -2.02. The lowest BCUT2D eigenvalue weighted by molar-refractivity contribution is -0.384. The second kappa shape index (κ2) is 5.80. The van der Waals surface area contributed by atoms with Crippen molar-refractivity contribution >= 4 is 11.4 Å². The van der Waals surface area contributed by atoms with Gasteiger partial charge in [-0.2, -0.15) is 5.26 Å². The highest BCUT2D eigenvalue weighted by molar-refractivity contribution is 5.61. The minimum Gasteiger partial charge on any atom is -0.380 e. The molecule has 0 saturated carbocycles. The fraction of sp³-hybridized carbons (Fsp3) is 0.0714. The zero-order chi connectivity index (χ0) is 14.5. The highest BCUT2D eigenvalue weighted by Crippen LogP contribution is 2.22. The summed E-state index contributed by atoms with van der Waals surface area (Å²) in [4.78, 5) is 10.1. The van der Waals surface area contributed by atoms with Gasteiger partial charge in [0.1, 0.15) is 11.9 Å². The lowest BCUT2D eigenvalue weighted by atomic mass is 10.1. The summed E-state index contributed by atoms with van der Waals surface area (Å²) in [6.07, 6.45) is 0. The summed E-state index contributed by atoms with van der Waals surface area (Å²) in [5.41, 5.74) is 1.41. The van der Waals surface area contributed by atoms with Crippen molar-refractivity contribution in [3.63, 3.8) is 0 Å². The third kappa shape index (κ3) is 3.09. The number of hydrogen-bond donors (Lipinski definition) is 1. The number of nitro benzene ring substituents is 1. The molecule has 2 aromatic carbocycles. The number of halogens is 1. The van der Waals surface area contributed by atoms with Crippen molar-refractivity contribution in [3.05, 3.63) is 69.5 Å². The first kappa shape index (κ1) is 13.5. The molecule has 2 aromatic rings. The van der Waals surface area contributed by atoms with Gasteiger partial charge in [0.25, 0.3) is 5.69 Å². The molecule has 0 aliphatic heterocycles. The van der Waals surface area contributed by atoms with Crippen LogP contribution in [-0.4, -0.2) is 4.92 Å². The van der Waals surface area contributed by atoms with E-state index >= 15 is 0 Å². The number of benzene rings is 2. The summed E-state index contributed by atoms with van der Waals surface area (Å²) >= 11 is 0. The Morgan fingerprint density at radius 1 is 1.25 bits per heavy atom. The minimum absolute atomic E-state index is 0.131. The number of nitrogens with one attached hydrogen (secondary N) is 1. The molecule has 0 aliphatic carbocycles. The number of non-ortho nitro benzene ring substituents is 1. The van der Waals surface area contributed by atoms with E-state index in [0.29, 0.717) is 12.2 Å². The highest BCUT2D eigenvalue weighted by atomic mass is 19.1. The predicted molar refractivity (Wildman–Crippen MR) is 71.5 cm³/mol. The van der Waals surface area contributed by atoms with Gasteiger partial charge in [0, 0.05) is 18.7 Å². The molecule has 0 bridgehead atoms. The van der Waals surface area contributed by atoms with Crippen molar-refractivity contribution in [1.29, 1.82) is 5.26 Å². The van der Waals surface area contributed by atoms with Crippen LogP contribution in [0.4, 0.5) is 15.8 Å². The number of nitro groups is 1. The van der Waals surface area contributed by atoms with E-state index in [1.54, 1.807) is 12.1 Å². The van der Waals surface area contributed by atoms with Crippen molar-refractivity contribution in [2.75, 3.05) is 5.32 Å². The number of rotatable bonds is 4. The third-order valence-corrected chi connectivity index (χ3v) is 2.73. The summed E-state index contributed by atoms with van der Waals surface area (Å²) in [6.45, 7) is 0.396. The Morgan fingerprint density at radius 3 is 2.55 bits per heavy atom. The molecule has 0 amide bonds. The second-order valence-corrected chi connectivity index (χ2v) is 4.08. The molecule has 0 aromatic heterocycles. The molecule has 100 valence electrons. The lowest BCUT2D eigenvalue weighted by Gasteiger charge is -2.08. The van der Waals surface area contributed by atoms with E-state index < -0.39 is 4.92 Å². The highest BCUT2D eigenvalue weighted by Gasteiger charge is 2.10. The maximum atomic E-state index is 12.8. The first-order valence-corrected chi connectivity index (χ1v) is 5.77. The third-order valence-electron chi connectivity index (χ3n) is 2.73. The van der Waals surface area contributed by atoms with Gasteiger partial charge in [-0.05, 0) is 23.8 Å². The van der Waals surface area contributed by atoms with Gasteiger partial charge in [0.05, 0.1) is 16.2 Å². The monoisotopic (exact) mass is 271 g/mol. The average Bonchev–Trinajstić information content (AvgIpc) is 2.46. The Labute approximate surface area is 114 Å². The molecule has 0 radical (unpaired) electrons. The standard InChI is InChI=1S/C14H10FN3O2/c15-12-3-1-10(2-4-12)9-17-14-6-5-13(18(19)20)7-11(14)8-16/h1-7,17H,9H2. The van der Waals surface area contributed by atoms with Crippen molar-refractivity contribution in [3.8, 4) is 6.07 Å². The van der Waals surface area contributed by atoms with Crippen LogP contribution in [0.1, 0.15) is 11.1 Å². The number of nitriles is 1. The molecule has 6 heteroatoms. The Bertz CT molecular complexity index is 678. The van der Waals surface area contributed by atoms with E-state index in [1.165, 1.54) is 30.3 Å². The Kier molecular flexibility index (Phi) is 3.91. The molecule has 0 saturated heterocycles. The van der Waals surface area contributed by atoms with Crippen LogP contribution in [-0.2, 0) is 6.54 Å². The minimum atomic E-state index is -0.551. The van der Waals surface area contributed by atoms with Crippen LogP contribution in [0.15, 0.2) is 42.5 Å². The van der Waals surface area contributed by atoms with Crippen LogP contribution < -0.4 is 5.32 Å². The summed E-state index contributed by atoms with van der Waals surface area (Å²) in [7, 11) is 0. The fourth-order valence-electron chi connectivity index (χ4n) is 1.69. The number of nitrogens with zero attached hydrogens (tertiary/aromatic N) is 2. The largest absolute Gasteiger partial charge is 0.380 e. The number of hydrogen-bond acceptors (Lipinski definition) is 4. The molecule has 0 aliphatic rings. The van der Waals surface area contributed by atoms with Gasteiger partial charge in [-0.1, -0.05) is 12.1 Å². The molecule has 0 fully saturated rings. The zero-order valence-corrected chi connectivity index (χ0v) is 10.3. The molecule has 2 rings (SSSR count). The van der Waals surface area contributed by atoms with Gasteiger partial charge in [-0.15, -0.1) is 0 Å². The fourth-order valence-corrected chi connectivity index (χ4v) is 1.69. The summed E-state index contributed by atoms with van der Waals surface area (Å²) in [5.74, 6) is -0.318. The molecule has 0 heterocycles. The molecular weight excluding hydrogens is 261 g/mol. The summed E-state index contributed by atoms with van der Waals surface area (Å²) in [6, 6.07) is 11.9. The van der Waals surface area contributed by atoms with E-state index in [-0.39, 0.29) is 17.1 Å². The Hall–Kier alpha value is -2.94. The summed E-state index contributed by atoms with van der Waals surface area (Å²) < 4.78 is 12.8. The summed E-state index contributed by atoms with van der Waals surface area (Å²) in [5, 5.41) is 22.6. The molecular formula is C14H10FN3O2. The van der Waals surface area contributed by atoms with Gasteiger partial charge in [0.15, 0.2) is 0 Å². The van der Waals surface area contributed by atoms with Gasteiger partial charge >= 0.3 is 0 Å². The smallest absolute Gasteiger partial charge is 0.270 e. The predicted octanol–water partition coefficient (Wildman–Crippen LogP) is 3.22. The van der Waals surface area contributed by atoms with Gasteiger partial charge in [0.2, 0.25) is 0 Å². The molecule has 5 nitrogen and oxygen atoms in total. The van der Waals surface area contributed by atoms with Crippen molar-refractivity contribution < 1.29 is 9.31 Å². The maximum Gasteiger partial charge on any atom is 0.270 e. The SMILES string of the molecule is N#Cc1cc([N+](=O)[O-])ccc1NCc1ccc(F)cc1. The molecule has 0 spiro atoms. The molecule has 0 atom stereocenters. The Morgan fingerprint density at radius 2 is 1.95 bits per heavy atom.